The first-order valence-corrected chi connectivity index (χ1v) is 9.72. The number of anilines is 2. The Balaban J connectivity index is 1.50. The lowest BCUT2D eigenvalue weighted by molar-refractivity contribution is 0.414. The number of hydrogen-bond acceptors (Lipinski definition) is 6. The molecule has 146 valence electrons. The van der Waals surface area contributed by atoms with E-state index in [1.54, 1.807) is 19.5 Å². The Kier molecular flexibility index (Phi) is 4.52. The van der Waals surface area contributed by atoms with Gasteiger partial charge < -0.3 is 19.0 Å². The zero-order chi connectivity index (χ0) is 19.6. The lowest BCUT2D eigenvalue weighted by Crippen LogP contribution is -2.49. The topological polar surface area (TPSA) is 54.6 Å². The normalized spacial score (nSPS) is 16.9. The molecule has 1 aliphatic heterocycles. The van der Waals surface area contributed by atoms with Gasteiger partial charge in [-0.1, -0.05) is 18.2 Å². The molecule has 0 radical (unpaired) electrons. The van der Waals surface area contributed by atoms with Crippen molar-refractivity contribution in [1.29, 1.82) is 0 Å². The fourth-order valence-electron chi connectivity index (χ4n) is 3.93. The molecule has 0 bridgehead atoms. The molecule has 1 unspecified atom stereocenters. The smallest absolute Gasteiger partial charge is 0.147 e. The summed E-state index contributed by atoms with van der Waals surface area (Å²) in [6.45, 7) is 2.51. The second-order valence-electron chi connectivity index (χ2n) is 7.10. The van der Waals surface area contributed by atoms with E-state index in [-0.39, 0.29) is 6.04 Å². The summed E-state index contributed by atoms with van der Waals surface area (Å²) >= 11 is 0. The van der Waals surface area contributed by atoms with Gasteiger partial charge in [-0.15, -0.1) is 0 Å². The molecule has 0 saturated carbocycles. The fourth-order valence-corrected chi connectivity index (χ4v) is 3.93. The molecular formula is C23H22N4O2. The van der Waals surface area contributed by atoms with E-state index in [1.165, 1.54) is 5.69 Å². The summed E-state index contributed by atoms with van der Waals surface area (Å²) in [7, 11) is 1.69. The van der Waals surface area contributed by atoms with Crippen LogP contribution in [-0.4, -0.2) is 36.7 Å². The van der Waals surface area contributed by atoms with Crippen LogP contribution >= 0.6 is 0 Å². The molecule has 3 heterocycles. The third-order valence-corrected chi connectivity index (χ3v) is 5.43. The van der Waals surface area contributed by atoms with Crippen LogP contribution in [0.1, 0.15) is 11.8 Å². The van der Waals surface area contributed by atoms with Gasteiger partial charge in [-0.2, -0.15) is 0 Å². The Labute approximate surface area is 169 Å². The van der Waals surface area contributed by atoms with E-state index in [1.807, 2.05) is 36.5 Å². The minimum absolute atomic E-state index is 0.0370. The van der Waals surface area contributed by atoms with Gasteiger partial charge in [-0.3, -0.25) is 4.98 Å². The monoisotopic (exact) mass is 386 g/mol. The van der Waals surface area contributed by atoms with E-state index >= 15 is 0 Å². The fraction of sp³-hybridized carbons (Fsp3) is 0.217. The maximum atomic E-state index is 6.24. The van der Waals surface area contributed by atoms with E-state index in [2.05, 4.69) is 44.0 Å². The Morgan fingerprint density at radius 2 is 1.90 bits per heavy atom. The average molecular weight is 386 g/mol. The number of methoxy groups -OCH3 is 1. The number of nitrogens with zero attached hydrogens (tertiary/aromatic N) is 4. The molecule has 5 rings (SSSR count). The SMILES string of the molecule is COc1ccc(N2CCN(c3cnccn3)C(c3cc4ccccc4o3)C2)cc1. The highest BCUT2D eigenvalue weighted by Crippen LogP contribution is 2.34. The quantitative estimate of drug-likeness (QED) is 0.521. The van der Waals surface area contributed by atoms with Gasteiger partial charge in [0.15, 0.2) is 0 Å². The van der Waals surface area contributed by atoms with Crippen molar-refractivity contribution in [1.82, 2.24) is 9.97 Å². The highest BCUT2D eigenvalue weighted by Gasteiger charge is 2.32. The van der Waals surface area contributed by atoms with Crippen molar-refractivity contribution in [2.75, 3.05) is 36.5 Å². The van der Waals surface area contributed by atoms with Crippen molar-refractivity contribution in [3.05, 3.63) is 78.9 Å². The van der Waals surface area contributed by atoms with Gasteiger partial charge in [0.05, 0.1) is 13.3 Å². The maximum absolute atomic E-state index is 6.24. The molecule has 4 aromatic rings. The Morgan fingerprint density at radius 1 is 1.03 bits per heavy atom. The highest BCUT2D eigenvalue weighted by atomic mass is 16.5. The highest BCUT2D eigenvalue weighted by molar-refractivity contribution is 5.78. The van der Waals surface area contributed by atoms with Gasteiger partial charge in [0.2, 0.25) is 0 Å². The summed E-state index contributed by atoms with van der Waals surface area (Å²) in [4.78, 5) is 13.5. The van der Waals surface area contributed by atoms with Crippen LogP contribution in [-0.2, 0) is 0 Å². The summed E-state index contributed by atoms with van der Waals surface area (Å²) < 4.78 is 11.5. The van der Waals surface area contributed by atoms with E-state index in [0.717, 1.165) is 47.9 Å². The molecule has 0 amide bonds. The number of furan rings is 1. The number of hydrogen-bond donors (Lipinski definition) is 0. The minimum Gasteiger partial charge on any atom is -0.497 e. The van der Waals surface area contributed by atoms with Crippen LogP contribution in [0.4, 0.5) is 11.5 Å². The number of piperazine rings is 1. The van der Waals surface area contributed by atoms with Crippen LogP contribution < -0.4 is 14.5 Å². The van der Waals surface area contributed by atoms with Gasteiger partial charge >= 0.3 is 0 Å². The Morgan fingerprint density at radius 3 is 2.66 bits per heavy atom. The summed E-state index contributed by atoms with van der Waals surface area (Å²) in [5.41, 5.74) is 2.08. The molecule has 1 fully saturated rings. The standard InChI is InChI=1S/C23H22N4O2/c1-28-19-8-6-18(7-9-19)26-12-13-27(23-15-24-10-11-25-23)20(16-26)22-14-17-4-2-3-5-21(17)29-22/h2-11,14-15,20H,12-13,16H2,1H3. The lowest BCUT2D eigenvalue weighted by Gasteiger charge is -2.42. The minimum atomic E-state index is 0.0370. The van der Waals surface area contributed by atoms with Crippen LogP contribution in [0.2, 0.25) is 0 Å². The molecule has 2 aromatic carbocycles. The van der Waals surface area contributed by atoms with Crippen molar-refractivity contribution in [2.24, 2.45) is 0 Å². The number of para-hydroxylation sites is 1. The third-order valence-electron chi connectivity index (χ3n) is 5.43. The zero-order valence-electron chi connectivity index (χ0n) is 16.2. The molecular weight excluding hydrogens is 364 g/mol. The number of rotatable bonds is 4. The van der Waals surface area contributed by atoms with Crippen molar-refractivity contribution < 1.29 is 9.15 Å². The van der Waals surface area contributed by atoms with Gasteiger partial charge in [-0.25, -0.2) is 4.98 Å². The van der Waals surface area contributed by atoms with E-state index in [0.29, 0.717) is 0 Å². The lowest BCUT2D eigenvalue weighted by atomic mass is 10.1. The predicted octanol–water partition coefficient (Wildman–Crippen LogP) is 4.30. The largest absolute Gasteiger partial charge is 0.497 e. The van der Waals surface area contributed by atoms with Crippen LogP contribution in [0.3, 0.4) is 0 Å². The molecule has 0 N–H and O–H groups in total. The van der Waals surface area contributed by atoms with Crippen LogP contribution in [0.25, 0.3) is 11.0 Å². The van der Waals surface area contributed by atoms with Gasteiger partial charge in [0.25, 0.3) is 0 Å². The van der Waals surface area contributed by atoms with Crippen molar-refractivity contribution >= 4 is 22.5 Å². The van der Waals surface area contributed by atoms with Crippen LogP contribution in [0.15, 0.2) is 77.6 Å². The Bertz CT molecular complexity index is 1060. The first-order valence-electron chi connectivity index (χ1n) is 9.72. The number of aromatic nitrogens is 2. The third kappa shape index (κ3) is 3.38. The van der Waals surface area contributed by atoms with Crippen molar-refractivity contribution in [3.8, 4) is 5.75 Å². The molecule has 0 aliphatic carbocycles. The van der Waals surface area contributed by atoms with Gasteiger partial charge in [-0.05, 0) is 36.4 Å². The second-order valence-corrected chi connectivity index (χ2v) is 7.10. The summed E-state index contributed by atoms with van der Waals surface area (Å²) in [5, 5.41) is 1.11. The first kappa shape index (κ1) is 17.6. The second kappa shape index (κ2) is 7.47. The molecule has 1 saturated heterocycles. The van der Waals surface area contributed by atoms with E-state index in [4.69, 9.17) is 9.15 Å². The van der Waals surface area contributed by atoms with E-state index < -0.39 is 0 Å². The number of fused-ring (bicyclic) bond motifs is 1. The number of ether oxygens (including phenoxy) is 1. The van der Waals surface area contributed by atoms with Crippen LogP contribution in [0.5, 0.6) is 5.75 Å². The van der Waals surface area contributed by atoms with Crippen molar-refractivity contribution in [2.45, 2.75) is 6.04 Å². The molecule has 1 atom stereocenters. The average Bonchev–Trinajstić information content (AvgIpc) is 3.24. The first-order chi connectivity index (χ1) is 14.3. The molecule has 1 aliphatic rings. The summed E-state index contributed by atoms with van der Waals surface area (Å²) in [6, 6.07) is 18.5. The maximum Gasteiger partial charge on any atom is 0.147 e. The number of benzene rings is 2. The Hall–Kier alpha value is -3.54. The zero-order valence-corrected chi connectivity index (χ0v) is 16.2. The predicted molar refractivity (Wildman–Crippen MR) is 114 cm³/mol. The summed E-state index contributed by atoms with van der Waals surface area (Å²) in [6.07, 6.45) is 5.26. The van der Waals surface area contributed by atoms with Crippen LogP contribution in [0, 0.1) is 0 Å². The molecule has 2 aromatic heterocycles. The molecule has 29 heavy (non-hydrogen) atoms. The van der Waals surface area contributed by atoms with Gasteiger partial charge in [0.1, 0.15) is 29.0 Å². The van der Waals surface area contributed by atoms with Gasteiger partial charge in [0, 0.05) is 43.1 Å². The molecule has 0 spiro atoms. The van der Waals surface area contributed by atoms with Crippen molar-refractivity contribution in [3.63, 3.8) is 0 Å². The van der Waals surface area contributed by atoms with E-state index in [9.17, 15) is 0 Å². The molecule has 6 heteroatoms. The molecule has 6 nitrogen and oxygen atoms in total. The summed E-state index contributed by atoms with van der Waals surface area (Å²) in [5.74, 6) is 2.67.